The summed E-state index contributed by atoms with van der Waals surface area (Å²) in [6.45, 7) is 6.49. The maximum atomic E-state index is 12.1. The molecule has 1 aliphatic heterocycles. The van der Waals surface area contributed by atoms with Crippen molar-refractivity contribution < 1.29 is 0 Å². The van der Waals surface area contributed by atoms with Crippen molar-refractivity contribution in [3.63, 3.8) is 0 Å². The molecule has 5 heteroatoms. The molecule has 0 saturated heterocycles. The molecule has 2 heterocycles. The number of nitrogens with one attached hydrogen (secondary N) is 1. The van der Waals surface area contributed by atoms with E-state index in [1.165, 1.54) is 46.7 Å². The van der Waals surface area contributed by atoms with Gasteiger partial charge in [0.05, 0.1) is 5.03 Å². The molecule has 0 radical (unpaired) electrons. The Hall–Kier alpha value is -1.20. The molecular formula is C21H26N2OS2. The molecule has 1 aromatic carbocycles. The maximum Gasteiger partial charge on any atom is 0.305 e. The summed E-state index contributed by atoms with van der Waals surface area (Å²) in [6, 6.07) is 9.21. The number of rotatable bonds is 4. The minimum absolute atomic E-state index is 0.111. The zero-order chi connectivity index (χ0) is 17.8. The molecule has 1 aromatic heterocycles. The van der Waals surface area contributed by atoms with Gasteiger partial charge in [0, 0.05) is 34.8 Å². The van der Waals surface area contributed by atoms with Gasteiger partial charge in [-0.1, -0.05) is 23.5 Å². The fourth-order valence-corrected chi connectivity index (χ4v) is 8.60. The first kappa shape index (κ1) is 16.9. The highest BCUT2D eigenvalue weighted by molar-refractivity contribution is 8.00. The van der Waals surface area contributed by atoms with E-state index in [1.807, 2.05) is 11.8 Å². The summed E-state index contributed by atoms with van der Waals surface area (Å²) >= 11 is 3.42. The molecular weight excluding hydrogens is 360 g/mol. The molecule has 2 aliphatic carbocycles. The third-order valence-electron chi connectivity index (χ3n) is 6.85. The van der Waals surface area contributed by atoms with Gasteiger partial charge in [0.25, 0.3) is 0 Å². The summed E-state index contributed by atoms with van der Waals surface area (Å²) in [5.74, 6) is 2.80. The van der Waals surface area contributed by atoms with E-state index in [2.05, 4.69) is 48.0 Å². The van der Waals surface area contributed by atoms with E-state index in [0.717, 1.165) is 30.0 Å². The van der Waals surface area contributed by atoms with E-state index in [0.29, 0.717) is 17.1 Å². The van der Waals surface area contributed by atoms with Crippen molar-refractivity contribution in [1.82, 2.24) is 4.98 Å². The highest BCUT2D eigenvalue weighted by Crippen LogP contribution is 2.63. The van der Waals surface area contributed by atoms with Gasteiger partial charge in [-0.25, -0.2) is 0 Å². The summed E-state index contributed by atoms with van der Waals surface area (Å²) in [4.78, 5) is 19.0. The average Bonchev–Trinajstić information content (AvgIpc) is 3.35. The van der Waals surface area contributed by atoms with Crippen LogP contribution in [0.3, 0.4) is 0 Å². The second-order valence-corrected chi connectivity index (χ2v) is 10.1. The van der Waals surface area contributed by atoms with Gasteiger partial charge in [-0.3, -0.25) is 4.79 Å². The fourth-order valence-electron chi connectivity index (χ4n) is 5.70. The standard InChI is InChI=1S/C21H26N2OS2/c1-3-23(4-2)15-9-7-12(8-10-15)16-17-13-5-6-14(11-13)18(17)25-20-19(16)26-21(24)22-20/h7-10,13-14,16-18H,3-6,11H2,1-2H3,(H,22,24)/t13-,14-,16+,17+,18-/m0/s1. The number of anilines is 1. The predicted molar refractivity (Wildman–Crippen MR) is 111 cm³/mol. The van der Waals surface area contributed by atoms with Crippen LogP contribution < -0.4 is 9.77 Å². The summed E-state index contributed by atoms with van der Waals surface area (Å²) in [7, 11) is 0. The van der Waals surface area contributed by atoms with Gasteiger partial charge in [0.1, 0.15) is 0 Å². The van der Waals surface area contributed by atoms with Crippen molar-refractivity contribution in [3.05, 3.63) is 44.4 Å². The molecule has 5 rings (SSSR count). The highest BCUT2D eigenvalue weighted by Gasteiger charge is 2.54. The molecule has 0 amide bonds. The Balaban J connectivity index is 1.56. The van der Waals surface area contributed by atoms with Crippen LogP contribution in [0.5, 0.6) is 0 Å². The molecule has 138 valence electrons. The van der Waals surface area contributed by atoms with Crippen LogP contribution in [0.2, 0.25) is 0 Å². The van der Waals surface area contributed by atoms with Crippen LogP contribution in [0.1, 0.15) is 49.5 Å². The lowest BCUT2D eigenvalue weighted by Crippen LogP contribution is -2.33. The van der Waals surface area contributed by atoms with Gasteiger partial charge in [0.15, 0.2) is 0 Å². The van der Waals surface area contributed by atoms with E-state index in [1.54, 1.807) is 0 Å². The van der Waals surface area contributed by atoms with Crippen molar-refractivity contribution in [2.45, 2.75) is 49.3 Å². The fraction of sp³-hybridized carbons (Fsp3) is 0.571. The van der Waals surface area contributed by atoms with Crippen LogP contribution in [0.15, 0.2) is 34.1 Å². The minimum atomic E-state index is 0.111. The lowest BCUT2D eigenvalue weighted by atomic mass is 9.75. The summed E-state index contributed by atoms with van der Waals surface area (Å²) < 4.78 is 0. The second-order valence-electron chi connectivity index (χ2n) is 7.94. The highest BCUT2D eigenvalue weighted by atomic mass is 32.2. The Morgan fingerprint density at radius 2 is 1.85 bits per heavy atom. The average molecular weight is 387 g/mol. The monoisotopic (exact) mass is 386 g/mol. The lowest BCUT2D eigenvalue weighted by Gasteiger charge is -2.40. The number of fused-ring (bicyclic) bond motifs is 6. The molecule has 2 bridgehead atoms. The molecule has 3 aliphatic rings. The molecule has 26 heavy (non-hydrogen) atoms. The van der Waals surface area contributed by atoms with Gasteiger partial charge < -0.3 is 9.88 Å². The number of hydrogen-bond donors (Lipinski definition) is 1. The van der Waals surface area contributed by atoms with Crippen LogP contribution in [-0.2, 0) is 0 Å². The Morgan fingerprint density at radius 3 is 2.58 bits per heavy atom. The topological polar surface area (TPSA) is 36.1 Å². The number of nitrogens with zero attached hydrogens (tertiary/aromatic N) is 1. The lowest BCUT2D eigenvalue weighted by molar-refractivity contribution is 0.307. The molecule has 2 fully saturated rings. The summed E-state index contributed by atoms with van der Waals surface area (Å²) in [6.07, 6.45) is 4.17. The summed E-state index contributed by atoms with van der Waals surface area (Å²) in [5.41, 5.74) is 2.70. The third-order valence-corrected chi connectivity index (χ3v) is 9.47. The Labute approximate surface area is 163 Å². The quantitative estimate of drug-likeness (QED) is 0.809. The zero-order valence-corrected chi connectivity index (χ0v) is 17.0. The SMILES string of the molecule is CCN(CC)c1ccc([C@H]2c3sc(=O)[nH]c3S[C@H]3[C@H]4CC[C@@H](C4)[C@H]23)cc1. The van der Waals surface area contributed by atoms with Crippen LogP contribution >= 0.6 is 23.1 Å². The van der Waals surface area contributed by atoms with Crippen LogP contribution in [0.25, 0.3) is 0 Å². The Morgan fingerprint density at radius 1 is 1.12 bits per heavy atom. The van der Waals surface area contributed by atoms with Crippen molar-refractivity contribution in [3.8, 4) is 0 Å². The second kappa shape index (κ2) is 6.45. The van der Waals surface area contributed by atoms with Crippen molar-refractivity contribution in [2.24, 2.45) is 17.8 Å². The van der Waals surface area contributed by atoms with E-state index in [9.17, 15) is 4.79 Å². The van der Waals surface area contributed by atoms with Gasteiger partial charge in [-0.05, 0) is 68.6 Å². The van der Waals surface area contributed by atoms with E-state index in [4.69, 9.17) is 0 Å². The van der Waals surface area contributed by atoms with E-state index in [-0.39, 0.29) is 4.87 Å². The normalized spacial score (nSPS) is 31.7. The number of H-pyrrole nitrogens is 1. The molecule has 1 N–H and O–H groups in total. The number of hydrogen-bond acceptors (Lipinski definition) is 4. The summed E-state index contributed by atoms with van der Waals surface area (Å²) in [5, 5.41) is 1.85. The van der Waals surface area contributed by atoms with Crippen molar-refractivity contribution in [1.29, 1.82) is 0 Å². The Kier molecular flexibility index (Phi) is 4.20. The number of thioether (sulfide) groups is 1. The first-order chi connectivity index (χ1) is 12.7. The van der Waals surface area contributed by atoms with E-state index >= 15 is 0 Å². The van der Waals surface area contributed by atoms with Gasteiger partial charge in [-0.2, -0.15) is 0 Å². The van der Waals surface area contributed by atoms with Gasteiger partial charge in [-0.15, -0.1) is 11.8 Å². The first-order valence-electron chi connectivity index (χ1n) is 9.94. The van der Waals surface area contributed by atoms with Gasteiger partial charge >= 0.3 is 4.87 Å². The Bertz CT molecular complexity index is 852. The van der Waals surface area contributed by atoms with Crippen LogP contribution in [0, 0.1) is 17.8 Å². The van der Waals surface area contributed by atoms with Gasteiger partial charge in [0.2, 0.25) is 0 Å². The number of benzene rings is 1. The largest absolute Gasteiger partial charge is 0.372 e. The molecule has 2 saturated carbocycles. The number of aromatic nitrogens is 1. The molecule has 3 nitrogen and oxygen atoms in total. The van der Waals surface area contributed by atoms with Crippen molar-refractivity contribution in [2.75, 3.05) is 18.0 Å². The van der Waals surface area contributed by atoms with E-state index < -0.39 is 0 Å². The number of thiazole rings is 1. The first-order valence-corrected chi connectivity index (χ1v) is 11.6. The van der Waals surface area contributed by atoms with Crippen LogP contribution in [-0.4, -0.2) is 23.3 Å². The molecule has 2 aromatic rings. The maximum absolute atomic E-state index is 12.1. The molecule has 5 atom stereocenters. The smallest absolute Gasteiger partial charge is 0.305 e. The van der Waals surface area contributed by atoms with Crippen molar-refractivity contribution >= 4 is 28.8 Å². The zero-order valence-electron chi connectivity index (χ0n) is 15.4. The van der Waals surface area contributed by atoms with Crippen LogP contribution in [0.4, 0.5) is 5.69 Å². The number of aromatic amines is 1. The molecule has 0 unspecified atom stereocenters. The minimum Gasteiger partial charge on any atom is -0.372 e. The third kappa shape index (κ3) is 2.50. The predicted octanol–water partition coefficient (Wildman–Crippen LogP) is 4.93. The molecule has 0 spiro atoms.